The van der Waals surface area contributed by atoms with Crippen molar-refractivity contribution in [2.45, 2.75) is 63.0 Å². The summed E-state index contributed by atoms with van der Waals surface area (Å²) in [7, 11) is 0. The Hall–Kier alpha value is -0.910. The first-order chi connectivity index (χ1) is 8.33. The molecule has 0 spiro atoms. The lowest BCUT2D eigenvalue weighted by Crippen LogP contribution is -2.44. The lowest BCUT2D eigenvalue weighted by molar-refractivity contribution is 0.0492. The second kappa shape index (κ2) is 4.99. The molecule has 3 N–H and O–H groups in total. The summed E-state index contributed by atoms with van der Waals surface area (Å²) in [5, 5.41) is 4.04. The van der Waals surface area contributed by atoms with Crippen LogP contribution in [0.4, 0.5) is 4.79 Å². The third kappa shape index (κ3) is 3.54. The fourth-order valence-electron chi connectivity index (χ4n) is 2.34. The molecule has 1 aliphatic carbocycles. The van der Waals surface area contributed by atoms with E-state index in [1.54, 1.807) is 11.8 Å². The number of aliphatic imine (C=N–C) groups is 1. The first-order valence-corrected chi connectivity index (χ1v) is 7.21. The van der Waals surface area contributed by atoms with Crippen LogP contribution in [0.3, 0.4) is 0 Å². The van der Waals surface area contributed by atoms with Crippen molar-refractivity contribution in [2.24, 2.45) is 10.7 Å². The number of alkyl carbamates (subject to hydrolysis) is 1. The molecule has 1 amide bonds. The maximum absolute atomic E-state index is 11.7. The number of fused-ring (bicyclic) bond motifs is 1. The number of carbonyl (C=O) groups is 1. The molecule has 102 valence electrons. The average Bonchev–Trinajstić information content (AvgIpc) is 2.53. The van der Waals surface area contributed by atoms with E-state index in [2.05, 4.69) is 10.3 Å². The zero-order valence-electron chi connectivity index (χ0n) is 11.1. The van der Waals surface area contributed by atoms with Gasteiger partial charge in [-0.2, -0.15) is 0 Å². The summed E-state index contributed by atoms with van der Waals surface area (Å²) in [4.78, 5) is 16.1. The number of amides is 1. The molecule has 0 aromatic rings. The van der Waals surface area contributed by atoms with E-state index >= 15 is 0 Å². The van der Waals surface area contributed by atoms with Gasteiger partial charge in [-0.1, -0.05) is 11.8 Å². The molecule has 0 saturated heterocycles. The molecular weight excluding hydrogens is 250 g/mol. The van der Waals surface area contributed by atoms with Gasteiger partial charge in [-0.15, -0.1) is 0 Å². The minimum Gasteiger partial charge on any atom is -0.444 e. The normalized spacial score (nSPS) is 31.5. The maximum atomic E-state index is 11.7. The quantitative estimate of drug-likeness (QED) is 0.763. The molecule has 0 aromatic heterocycles. The van der Waals surface area contributed by atoms with Crippen molar-refractivity contribution >= 4 is 23.0 Å². The molecule has 2 rings (SSSR count). The Bertz CT molecular complexity index is 365. The van der Waals surface area contributed by atoms with E-state index in [-0.39, 0.29) is 12.1 Å². The molecule has 0 radical (unpaired) electrons. The molecule has 1 aliphatic heterocycles. The highest BCUT2D eigenvalue weighted by Gasteiger charge is 2.36. The average molecular weight is 271 g/mol. The van der Waals surface area contributed by atoms with E-state index in [1.165, 1.54) is 0 Å². The molecule has 0 aromatic carbocycles. The van der Waals surface area contributed by atoms with Crippen LogP contribution in [0.2, 0.25) is 0 Å². The Morgan fingerprint density at radius 3 is 2.89 bits per heavy atom. The van der Waals surface area contributed by atoms with E-state index in [0.717, 1.165) is 19.3 Å². The Labute approximate surface area is 112 Å². The molecule has 2 unspecified atom stereocenters. The van der Waals surface area contributed by atoms with Gasteiger partial charge in [-0.3, -0.25) is 4.99 Å². The van der Waals surface area contributed by atoms with Crippen molar-refractivity contribution < 1.29 is 9.53 Å². The summed E-state index contributed by atoms with van der Waals surface area (Å²) in [6, 6.07) is 0.515. The van der Waals surface area contributed by atoms with Crippen molar-refractivity contribution in [1.82, 2.24) is 5.32 Å². The van der Waals surface area contributed by atoms with Gasteiger partial charge in [0.2, 0.25) is 0 Å². The monoisotopic (exact) mass is 271 g/mol. The largest absolute Gasteiger partial charge is 0.444 e. The van der Waals surface area contributed by atoms with Gasteiger partial charge in [-0.25, -0.2) is 4.79 Å². The van der Waals surface area contributed by atoms with Crippen LogP contribution in [-0.2, 0) is 4.74 Å². The van der Waals surface area contributed by atoms with Crippen LogP contribution in [0.1, 0.15) is 40.0 Å². The van der Waals surface area contributed by atoms with Gasteiger partial charge in [-0.05, 0) is 40.0 Å². The van der Waals surface area contributed by atoms with Gasteiger partial charge in [0.15, 0.2) is 5.17 Å². The number of hydrogen-bond acceptors (Lipinski definition) is 5. The summed E-state index contributed by atoms with van der Waals surface area (Å²) >= 11 is 1.63. The summed E-state index contributed by atoms with van der Waals surface area (Å²) < 4.78 is 5.26. The predicted molar refractivity (Wildman–Crippen MR) is 73.8 cm³/mol. The number of rotatable bonds is 1. The lowest BCUT2D eigenvalue weighted by Gasteiger charge is -2.31. The highest BCUT2D eigenvalue weighted by atomic mass is 32.2. The Morgan fingerprint density at radius 1 is 1.50 bits per heavy atom. The topological polar surface area (TPSA) is 76.7 Å². The first kappa shape index (κ1) is 13.5. The van der Waals surface area contributed by atoms with E-state index in [1.807, 2.05) is 20.8 Å². The summed E-state index contributed by atoms with van der Waals surface area (Å²) in [6.45, 7) is 5.60. The van der Waals surface area contributed by atoms with Crippen LogP contribution in [-0.4, -0.2) is 34.2 Å². The van der Waals surface area contributed by atoms with Gasteiger partial charge < -0.3 is 15.8 Å². The Morgan fingerprint density at radius 2 is 2.22 bits per heavy atom. The minimum absolute atomic E-state index is 0.176. The summed E-state index contributed by atoms with van der Waals surface area (Å²) in [6.07, 6.45) is 2.51. The second-order valence-corrected chi connectivity index (χ2v) is 7.11. The number of carbonyl (C=O) groups excluding carboxylic acids is 1. The lowest BCUT2D eigenvalue weighted by atomic mass is 9.91. The molecule has 3 atom stereocenters. The van der Waals surface area contributed by atoms with Gasteiger partial charge in [0.25, 0.3) is 0 Å². The van der Waals surface area contributed by atoms with Gasteiger partial charge in [0.1, 0.15) is 5.60 Å². The second-order valence-electron chi connectivity index (χ2n) is 5.85. The standard InChI is InChI=1S/C12H21N3O2S/c1-12(2,3)17-11(16)14-7-4-5-8-9(6-7)18-10(13)15-8/h7-9H,4-6H2,1-3H3,(H2,13,15)(H,14,16)/t7-,8?,9?/m0/s1. The minimum atomic E-state index is -0.447. The van der Waals surface area contributed by atoms with Crippen LogP contribution in [0, 0.1) is 0 Å². The van der Waals surface area contributed by atoms with Gasteiger partial charge >= 0.3 is 6.09 Å². The van der Waals surface area contributed by atoms with Crippen LogP contribution < -0.4 is 11.1 Å². The number of thioether (sulfide) groups is 1. The van der Waals surface area contributed by atoms with Gasteiger partial charge in [0.05, 0.1) is 6.04 Å². The zero-order chi connectivity index (χ0) is 13.3. The first-order valence-electron chi connectivity index (χ1n) is 6.33. The molecule has 5 nitrogen and oxygen atoms in total. The van der Waals surface area contributed by atoms with Crippen LogP contribution in [0.15, 0.2) is 4.99 Å². The number of nitrogens with two attached hydrogens (primary N) is 1. The summed E-state index contributed by atoms with van der Waals surface area (Å²) in [5.74, 6) is 0. The van der Waals surface area contributed by atoms with Crippen LogP contribution in [0.5, 0.6) is 0 Å². The van der Waals surface area contributed by atoms with Crippen LogP contribution in [0.25, 0.3) is 0 Å². The molecular formula is C12H21N3O2S. The number of hydrogen-bond donors (Lipinski definition) is 2. The third-order valence-electron chi connectivity index (χ3n) is 3.04. The SMILES string of the molecule is CC(C)(C)OC(=O)N[C@H]1CCC2N=C(N)SC2C1. The highest BCUT2D eigenvalue weighted by Crippen LogP contribution is 2.35. The zero-order valence-corrected chi connectivity index (χ0v) is 11.9. The highest BCUT2D eigenvalue weighted by molar-refractivity contribution is 8.14. The van der Waals surface area contributed by atoms with Gasteiger partial charge in [0, 0.05) is 11.3 Å². The molecule has 1 saturated carbocycles. The smallest absolute Gasteiger partial charge is 0.407 e. The van der Waals surface area contributed by atoms with E-state index < -0.39 is 5.60 Å². The van der Waals surface area contributed by atoms with Crippen molar-refractivity contribution in [3.8, 4) is 0 Å². The molecule has 18 heavy (non-hydrogen) atoms. The Balaban J connectivity index is 1.81. The number of nitrogens with one attached hydrogen (secondary N) is 1. The fraction of sp³-hybridized carbons (Fsp3) is 0.833. The van der Waals surface area contributed by atoms with E-state index in [9.17, 15) is 4.79 Å². The van der Waals surface area contributed by atoms with Crippen LogP contribution >= 0.6 is 11.8 Å². The fourth-order valence-corrected chi connectivity index (χ4v) is 3.53. The van der Waals surface area contributed by atoms with Crippen molar-refractivity contribution in [3.63, 3.8) is 0 Å². The predicted octanol–water partition coefficient (Wildman–Crippen LogP) is 1.86. The summed E-state index contributed by atoms with van der Waals surface area (Å²) in [5.41, 5.74) is 5.28. The molecule has 1 heterocycles. The Kier molecular flexibility index (Phi) is 3.75. The number of ether oxygens (including phenoxy) is 1. The van der Waals surface area contributed by atoms with Crippen molar-refractivity contribution in [1.29, 1.82) is 0 Å². The number of nitrogens with zero attached hydrogens (tertiary/aromatic N) is 1. The molecule has 0 bridgehead atoms. The molecule has 1 fully saturated rings. The number of amidine groups is 1. The van der Waals surface area contributed by atoms with E-state index in [4.69, 9.17) is 10.5 Å². The molecule has 6 heteroatoms. The third-order valence-corrected chi connectivity index (χ3v) is 4.20. The van der Waals surface area contributed by atoms with Crippen molar-refractivity contribution in [3.05, 3.63) is 0 Å². The molecule has 2 aliphatic rings. The van der Waals surface area contributed by atoms with Crippen molar-refractivity contribution in [2.75, 3.05) is 0 Å². The maximum Gasteiger partial charge on any atom is 0.407 e. The van der Waals surface area contributed by atoms with E-state index in [0.29, 0.717) is 16.5 Å².